The van der Waals surface area contributed by atoms with E-state index in [1.54, 1.807) is 0 Å². The van der Waals surface area contributed by atoms with Gasteiger partial charge in [-0.05, 0) is 36.8 Å². The van der Waals surface area contributed by atoms with Crippen LogP contribution in [0.1, 0.15) is 27.2 Å². The smallest absolute Gasteiger partial charge is 0.369 e. The van der Waals surface area contributed by atoms with E-state index >= 15 is 0 Å². The molecule has 1 aliphatic carbocycles. The third kappa shape index (κ3) is 2.91. The van der Waals surface area contributed by atoms with Crippen molar-refractivity contribution < 1.29 is 9.53 Å². The minimum absolute atomic E-state index is 0.460. The van der Waals surface area contributed by atoms with Crippen LogP contribution in [0.4, 0.5) is 4.79 Å². The number of rotatable bonds is 2. The van der Waals surface area contributed by atoms with Gasteiger partial charge in [-0.25, -0.2) is 4.79 Å². The van der Waals surface area contributed by atoms with E-state index < -0.39 is 5.30 Å². The van der Waals surface area contributed by atoms with Gasteiger partial charge in [0.25, 0.3) is 0 Å². The summed E-state index contributed by atoms with van der Waals surface area (Å²) in [6, 6.07) is 0. The Kier molecular flexibility index (Phi) is 3.81. The largest absolute Gasteiger partial charge is 0.419 e. The summed E-state index contributed by atoms with van der Waals surface area (Å²) >= 11 is 3.60. The second-order valence-corrected chi connectivity index (χ2v) is 4.29. The fourth-order valence-corrected chi connectivity index (χ4v) is 1.58. The molecule has 2 nitrogen and oxygen atoms in total. The van der Waals surface area contributed by atoms with Crippen LogP contribution in [0, 0.1) is 11.8 Å². The number of ether oxygens (including phenoxy) is 1. The molecule has 1 aliphatic rings. The van der Waals surface area contributed by atoms with Gasteiger partial charge in [-0.15, -0.1) is 0 Å². The summed E-state index contributed by atoms with van der Waals surface area (Å²) in [7, 11) is 0. The summed E-state index contributed by atoms with van der Waals surface area (Å²) in [4.78, 5) is 10.7. The van der Waals surface area contributed by atoms with E-state index in [-0.39, 0.29) is 0 Å². The molecule has 78 valence electrons. The molecule has 0 saturated carbocycles. The Bertz CT molecular complexity index is 290. The fourth-order valence-electron chi connectivity index (χ4n) is 1.48. The molecule has 0 saturated heterocycles. The molecule has 1 atom stereocenters. The molecule has 0 aliphatic heterocycles. The number of carbonyl (C=O) groups is 1. The van der Waals surface area contributed by atoms with E-state index in [0.29, 0.717) is 17.6 Å². The van der Waals surface area contributed by atoms with E-state index in [4.69, 9.17) is 4.74 Å². The van der Waals surface area contributed by atoms with E-state index in [1.807, 2.05) is 13.0 Å². The number of carbonyl (C=O) groups excluding carboxylic acids is 1. The first-order valence-corrected chi connectivity index (χ1v) is 5.25. The molecule has 0 fully saturated rings. The molecular weight excluding hydrogens is 196 g/mol. The first-order valence-electron chi connectivity index (χ1n) is 4.80. The van der Waals surface area contributed by atoms with Crippen LogP contribution >= 0.6 is 12.6 Å². The Morgan fingerprint density at radius 3 is 2.79 bits per heavy atom. The van der Waals surface area contributed by atoms with Crippen LogP contribution in [0.3, 0.4) is 0 Å². The normalized spacial score (nSPS) is 21.6. The number of hydrogen-bond donors (Lipinski definition) is 1. The maximum atomic E-state index is 10.7. The molecule has 0 spiro atoms. The van der Waals surface area contributed by atoms with Gasteiger partial charge in [-0.2, -0.15) is 0 Å². The van der Waals surface area contributed by atoms with E-state index in [0.717, 1.165) is 12.0 Å². The van der Waals surface area contributed by atoms with Gasteiger partial charge in [0, 0.05) is 0 Å². The van der Waals surface area contributed by atoms with Crippen molar-refractivity contribution in [2.75, 3.05) is 0 Å². The van der Waals surface area contributed by atoms with Gasteiger partial charge in [0.2, 0.25) is 0 Å². The van der Waals surface area contributed by atoms with Crippen LogP contribution < -0.4 is 0 Å². The Balaban J connectivity index is 2.77. The number of allylic oxidation sites excluding steroid dienone is 3. The first kappa shape index (κ1) is 11.4. The highest BCUT2D eigenvalue weighted by molar-refractivity contribution is 7.96. The monoisotopic (exact) mass is 212 g/mol. The minimum atomic E-state index is -0.548. The molecule has 14 heavy (non-hydrogen) atoms. The molecule has 0 amide bonds. The lowest BCUT2D eigenvalue weighted by atomic mass is 9.87. The number of thiol groups is 1. The quantitative estimate of drug-likeness (QED) is 0.559. The third-order valence-electron chi connectivity index (χ3n) is 2.50. The van der Waals surface area contributed by atoms with Crippen molar-refractivity contribution in [3.63, 3.8) is 0 Å². The van der Waals surface area contributed by atoms with Gasteiger partial charge in [0.1, 0.15) is 5.76 Å². The van der Waals surface area contributed by atoms with Crippen LogP contribution in [0.5, 0.6) is 0 Å². The molecule has 0 radical (unpaired) electrons. The maximum Gasteiger partial charge on any atom is 0.369 e. The second-order valence-electron chi connectivity index (χ2n) is 3.93. The summed E-state index contributed by atoms with van der Waals surface area (Å²) in [5, 5.41) is -0.548. The number of hydrogen-bond acceptors (Lipinski definition) is 2. The summed E-state index contributed by atoms with van der Waals surface area (Å²) < 4.78 is 5.00. The molecule has 0 aromatic rings. The van der Waals surface area contributed by atoms with Crippen LogP contribution in [0.25, 0.3) is 0 Å². The van der Waals surface area contributed by atoms with E-state index in [1.165, 1.54) is 0 Å². The summed E-state index contributed by atoms with van der Waals surface area (Å²) in [5.41, 5.74) is 1.02. The van der Waals surface area contributed by atoms with Gasteiger partial charge in [-0.3, -0.25) is 0 Å². The van der Waals surface area contributed by atoms with Crippen molar-refractivity contribution in [2.45, 2.75) is 27.2 Å². The molecule has 0 N–H and O–H groups in total. The standard InChI is InChI=1S/C11H16O2S/c1-7(2)9-5-4-8(3)10(6-9)13-11(12)14/h4,6-7,9H,5H2,1-3H3,(H,12,14). The summed E-state index contributed by atoms with van der Waals surface area (Å²) in [6.07, 6.45) is 5.15. The van der Waals surface area contributed by atoms with Gasteiger partial charge >= 0.3 is 5.30 Å². The average Bonchev–Trinajstić information content (AvgIpc) is 2.07. The van der Waals surface area contributed by atoms with E-state index in [9.17, 15) is 4.79 Å². The van der Waals surface area contributed by atoms with Gasteiger partial charge in [0.05, 0.1) is 0 Å². The fraction of sp³-hybridized carbons (Fsp3) is 0.545. The maximum absolute atomic E-state index is 10.7. The average molecular weight is 212 g/mol. The van der Waals surface area contributed by atoms with Gasteiger partial charge < -0.3 is 4.74 Å². The van der Waals surface area contributed by atoms with Crippen molar-refractivity contribution in [1.82, 2.24) is 0 Å². The molecular formula is C11H16O2S. The van der Waals surface area contributed by atoms with Crippen molar-refractivity contribution in [3.8, 4) is 0 Å². The topological polar surface area (TPSA) is 26.3 Å². The van der Waals surface area contributed by atoms with Crippen LogP contribution in [-0.2, 0) is 4.74 Å². The zero-order chi connectivity index (χ0) is 10.7. The second kappa shape index (κ2) is 4.69. The van der Waals surface area contributed by atoms with Gasteiger partial charge in [0.15, 0.2) is 0 Å². The molecule has 0 aromatic carbocycles. The van der Waals surface area contributed by atoms with Gasteiger partial charge in [-0.1, -0.05) is 32.6 Å². The van der Waals surface area contributed by atoms with E-state index in [2.05, 4.69) is 32.6 Å². The summed E-state index contributed by atoms with van der Waals surface area (Å²) in [5.74, 6) is 1.68. The Labute approximate surface area is 90.4 Å². The molecule has 1 unspecified atom stereocenters. The highest BCUT2D eigenvalue weighted by Gasteiger charge is 2.18. The SMILES string of the molecule is CC1=CCC(C(C)C)C=C1OC(=O)S. The Morgan fingerprint density at radius 1 is 1.64 bits per heavy atom. The zero-order valence-corrected chi connectivity index (χ0v) is 9.67. The van der Waals surface area contributed by atoms with Crippen molar-refractivity contribution in [1.29, 1.82) is 0 Å². The molecule has 0 heterocycles. The Hall–Kier alpha value is -0.700. The minimum Gasteiger partial charge on any atom is -0.419 e. The summed E-state index contributed by atoms with van der Waals surface area (Å²) in [6.45, 7) is 6.27. The highest BCUT2D eigenvalue weighted by Crippen LogP contribution is 2.28. The molecule has 0 bridgehead atoms. The van der Waals surface area contributed by atoms with Crippen LogP contribution in [-0.4, -0.2) is 5.30 Å². The molecule has 0 aromatic heterocycles. The van der Waals surface area contributed by atoms with Crippen molar-refractivity contribution in [3.05, 3.63) is 23.5 Å². The lowest BCUT2D eigenvalue weighted by molar-refractivity contribution is 0.205. The first-order chi connectivity index (χ1) is 6.50. The third-order valence-corrected chi connectivity index (χ3v) is 2.60. The Morgan fingerprint density at radius 2 is 2.29 bits per heavy atom. The molecule has 1 rings (SSSR count). The van der Waals surface area contributed by atoms with Crippen molar-refractivity contribution in [2.24, 2.45) is 11.8 Å². The zero-order valence-electron chi connectivity index (χ0n) is 8.78. The predicted octanol–water partition coefficient (Wildman–Crippen LogP) is 3.56. The highest BCUT2D eigenvalue weighted by atomic mass is 32.1. The van der Waals surface area contributed by atoms with Crippen LogP contribution in [0.2, 0.25) is 0 Å². The predicted molar refractivity (Wildman–Crippen MR) is 60.3 cm³/mol. The van der Waals surface area contributed by atoms with Crippen LogP contribution in [0.15, 0.2) is 23.5 Å². The van der Waals surface area contributed by atoms with Crippen molar-refractivity contribution >= 4 is 17.9 Å². The molecule has 3 heteroatoms. The lowest BCUT2D eigenvalue weighted by Gasteiger charge is -2.21. The lowest BCUT2D eigenvalue weighted by Crippen LogP contribution is -2.11.